The minimum absolute atomic E-state index is 0.0546. The summed E-state index contributed by atoms with van der Waals surface area (Å²) in [5, 5.41) is 12.0. The number of ether oxygens (including phenoxy) is 1. The monoisotopic (exact) mass is 474 g/mol. The molecule has 6 rings (SSSR count). The van der Waals surface area contributed by atoms with Gasteiger partial charge in [-0.1, -0.05) is 12.0 Å². The van der Waals surface area contributed by atoms with E-state index in [-0.39, 0.29) is 18.3 Å². The molecular weight excluding hydrogens is 456 g/mol. The zero-order valence-electron chi connectivity index (χ0n) is 17.7. The van der Waals surface area contributed by atoms with Crippen molar-refractivity contribution in [2.45, 2.75) is 24.5 Å². The summed E-state index contributed by atoms with van der Waals surface area (Å²) >= 11 is 1.11. The Morgan fingerprint density at radius 3 is 2.91 bits per heavy atom. The minimum Gasteiger partial charge on any atom is -0.382 e. The van der Waals surface area contributed by atoms with E-state index in [4.69, 9.17) is 10.5 Å². The van der Waals surface area contributed by atoms with Gasteiger partial charge in [0.05, 0.1) is 40.4 Å². The number of nitrogen functional groups attached to an aromatic ring is 1. The average molecular weight is 475 g/mol. The number of aliphatic hydroxyl groups excluding tert-OH is 1. The third kappa shape index (κ3) is 3.23. The van der Waals surface area contributed by atoms with Gasteiger partial charge in [0.15, 0.2) is 6.10 Å². The van der Waals surface area contributed by atoms with Gasteiger partial charge in [0, 0.05) is 11.8 Å². The number of hydrogen-bond acceptors (Lipinski definition) is 9. The number of H-pyrrole nitrogens is 1. The highest BCUT2D eigenvalue weighted by Gasteiger charge is 2.38. The van der Waals surface area contributed by atoms with Crippen molar-refractivity contribution in [3.8, 4) is 11.8 Å². The first kappa shape index (κ1) is 20.7. The predicted octanol–water partition coefficient (Wildman–Crippen LogP) is 1.47. The standard InChI is InChI=1S/C23H18N6O4S/c24-20-12-7-8-14-16(19(12)34-28-20)22(31)27-21(26-14)17(30)18-23(32)29(9-10-33-18)15-6-2-5-13(25-15)11-3-1-4-11/h2,5-8,11,17-18,30H,3,9-10H2,(H2,24,28)(H,26,27,31)/t11?,17-,18-/m1/s1. The number of morpholine rings is 1. The Balaban J connectivity index is 1.32. The lowest BCUT2D eigenvalue weighted by Gasteiger charge is -2.33. The SMILES string of the molecule is Nc1nsc2c1ccc1[nH]c([C@H](O)[C@H]3OCCN(c4cccc(C5C#CC5)n4)C3=O)nc(=O)c12. The number of carbonyl (C=O) groups excluding carboxylic acids is 1. The van der Waals surface area contributed by atoms with Gasteiger partial charge in [-0.15, -0.1) is 5.92 Å². The molecule has 4 N–H and O–H groups in total. The van der Waals surface area contributed by atoms with Crippen LogP contribution in [0.4, 0.5) is 11.6 Å². The molecule has 0 saturated carbocycles. The second-order valence-electron chi connectivity index (χ2n) is 8.08. The number of carbonyl (C=O) groups is 1. The van der Waals surface area contributed by atoms with Crippen LogP contribution in [0.1, 0.15) is 30.0 Å². The van der Waals surface area contributed by atoms with Gasteiger partial charge in [-0.05, 0) is 35.8 Å². The smallest absolute Gasteiger partial charge is 0.282 e. The first-order valence-corrected chi connectivity index (χ1v) is 11.4. The Kier molecular flexibility index (Phi) is 4.80. The van der Waals surface area contributed by atoms with E-state index in [0.717, 1.165) is 23.6 Å². The van der Waals surface area contributed by atoms with Crippen LogP contribution in [-0.4, -0.2) is 49.6 Å². The van der Waals surface area contributed by atoms with Crippen molar-refractivity contribution in [1.29, 1.82) is 0 Å². The molecule has 11 heteroatoms. The fraction of sp³-hybridized carbons (Fsp3) is 0.261. The highest BCUT2D eigenvalue weighted by Crippen LogP contribution is 2.31. The third-order valence-electron chi connectivity index (χ3n) is 6.03. The molecule has 10 nitrogen and oxygen atoms in total. The molecule has 3 atom stereocenters. The molecule has 1 unspecified atom stereocenters. The number of benzene rings is 1. The molecule has 1 aromatic carbocycles. The summed E-state index contributed by atoms with van der Waals surface area (Å²) in [4.78, 5) is 39.2. The highest BCUT2D eigenvalue weighted by molar-refractivity contribution is 7.14. The van der Waals surface area contributed by atoms with Gasteiger partial charge in [-0.3, -0.25) is 14.5 Å². The van der Waals surface area contributed by atoms with Crippen LogP contribution in [0.5, 0.6) is 0 Å². The van der Waals surface area contributed by atoms with Crippen LogP contribution < -0.4 is 16.2 Å². The molecule has 0 spiro atoms. The lowest BCUT2D eigenvalue weighted by Crippen LogP contribution is -2.51. The first-order valence-electron chi connectivity index (χ1n) is 10.7. The van der Waals surface area contributed by atoms with Gasteiger partial charge in [0.25, 0.3) is 11.5 Å². The normalized spacial score (nSPS) is 20.7. The van der Waals surface area contributed by atoms with Crippen molar-refractivity contribution in [1.82, 2.24) is 19.3 Å². The van der Waals surface area contributed by atoms with E-state index < -0.39 is 23.7 Å². The Bertz CT molecular complexity index is 1590. The number of nitrogens with two attached hydrogens (primary N) is 1. The predicted molar refractivity (Wildman–Crippen MR) is 126 cm³/mol. The van der Waals surface area contributed by atoms with Crippen LogP contribution in [-0.2, 0) is 9.53 Å². The Morgan fingerprint density at radius 2 is 2.12 bits per heavy atom. The lowest BCUT2D eigenvalue weighted by molar-refractivity contribution is -0.143. The van der Waals surface area contributed by atoms with Crippen LogP contribution in [0.2, 0.25) is 0 Å². The number of nitrogens with zero attached hydrogens (tertiary/aromatic N) is 4. The molecule has 2 aliphatic rings. The zero-order chi connectivity index (χ0) is 23.4. The largest absolute Gasteiger partial charge is 0.382 e. The highest BCUT2D eigenvalue weighted by atomic mass is 32.1. The number of aliphatic hydroxyl groups is 1. The van der Waals surface area contributed by atoms with Crippen molar-refractivity contribution >= 4 is 50.1 Å². The third-order valence-corrected chi connectivity index (χ3v) is 6.92. The van der Waals surface area contributed by atoms with Crippen LogP contribution in [0, 0.1) is 11.8 Å². The summed E-state index contributed by atoms with van der Waals surface area (Å²) in [5.41, 5.74) is 6.58. The molecule has 1 fully saturated rings. The van der Waals surface area contributed by atoms with E-state index in [1.54, 1.807) is 18.2 Å². The van der Waals surface area contributed by atoms with Crippen molar-refractivity contribution in [3.05, 3.63) is 52.2 Å². The lowest BCUT2D eigenvalue weighted by atomic mass is 9.95. The molecule has 3 aromatic heterocycles. The number of rotatable bonds is 4. The van der Waals surface area contributed by atoms with Crippen molar-refractivity contribution in [2.24, 2.45) is 0 Å². The molecule has 1 amide bonds. The van der Waals surface area contributed by atoms with Gasteiger partial charge >= 0.3 is 0 Å². The molecule has 1 aliphatic carbocycles. The molecule has 1 saturated heterocycles. The number of nitrogens with one attached hydrogen (secondary N) is 1. The van der Waals surface area contributed by atoms with E-state index in [0.29, 0.717) is 39.2 Å². The summed E-state index contributed by atoms with van der Waals surface area (Å²) in [7, 11) is 0. The van der Waals surface area contributed by atoms with Gasteiger partial charge in [0.2, 0.25) is 0 Å². The number of hydrogen-bond donors (Lipinski definition) is 3. The minimum atomic E-state index is -1.48. The maximum atomic E-state index is 13.3. The first-order chi connectivity index (χ1) is 16.5. The summed E-state index contributed by atoms with van der Waals surface area (Å²) in [5.74, 6) is 6.39. The van der Waals surface area contributed by atoms with Gasteiger partial charge in [-0.2, -0.15) is 9.36 Å². The fourth-order valence-corrected chi connectivity index (χ4v) is 5.03. The van der Waals surface area contributed by atoms with E-state index >= 15 is 0 Å². The molecule has 4 heterocycles. The van der Waals surface area contributed by atoms with Crippen molar-refractivity contribution < 1.29 is 14.6 Å². The second kappa shape index (κ2) is 7.88. The molecule has 34 heavy (non-hydrogen) atoms. The van der Waals surface area contributed by atoms with Crippen LogP contribution in [0.25, 0.3) is 21.0 Å². The number of amides is 1. The number of aromatic nitrogens is 4. The number of pyridine rings is 1. The number of anilines is 2. The van der Waals surface area contributed by atoms with Crippen molar-refractivity contribution in [2.75, 3.05) is 23.8 Å². The molecular formula is C23H18N6O4S. The van der Waals surface area contributed by atoms with Crippen LogP contribution in [0.15, 0.2) is 35.1 Å². The van der Waals surface area contributed by atoms with E-state index in [2.05, 4.69) is 31.2 Å². The molecule has 170 valence electrons. The second-order valence-corrected chi connectivity index (χ2v) is 8.86. The van der Waals surface area contributed by atoms with Gasteiger partial charge < -0.3 is 20.6 Å². The summed E-state index contributed by atoms with van der Waals surface area (Å²) in [6.07, 6.45) is -1.97. The topological polar surface area (TPSA) is 147 Å². The van der Waals surface area contributed by atoms with E-state index in [9.17, 15) is 14.7 Å². The summed E-state index contributed by atoms with van der Waals surface area (Å²) in [6, 6.07) is 8.89. The quantitative estimate of drug-likeness (QED) is 0.377. The zero-order valence-corrected chi connectivity index (χ0v) is 18.5. The van der Waals surface area contributed by atoms with E-state index in [1.165, 1.54) is 4.90 Å². The fourth-order valence-electron chi connectivity index (χ4n) is 4.18. The molecule has 0 radical (unpaired) electrons. The number of fused-ring (bicyclic) bond motifs is 3. The Morgan fingerprint density at radius 1 is 1.26 bits per heavy atom. The number of aromatic amines is 1. The van der Waals surface area contributed by atoms with Gasteiger partial charge in [-0.25, -0.2) is 4.98 Å². The summed E-state index contributed by atoms with van der Waals surface area (Å²) < 4.78 is 10.3. The molecule has 0 bridgehead atoms. The average Bonchev–Trinajstić information content (AvgIpc) is 3.18. The maximum absolute atomic E-state index is 13.3. The van der Waals surface area contributed by atoms with Crippen LogP contribution in [0.3, 0.4) is 0 Å². The van der Waals surface area contributed by atoms with E-state index in [1.807, 2.05) is 12.1 Å². The summed E-state index contributed by atoms with van der Waals surface area (Å²) in [6.45, 7) is 0.489. The maximum Gasteiger partial charge on any atom is 0.282 e. The van der Waals surface area contributed by atoms with Crippen LogP contribution >= 0.6 is 11.5 Å². The van der Waals surface area contributed by atoms with Gasteiger partial charge in [0.1, 0.15) is 23.6 Å². The molecule has 4 aromatic rings. The Hall–Kier alpha value is -3.85. The molecule has 1 aliphatic heterocycles. The Labute approximate surface area is 196 Å². The van der Waals surface area contributed by atoms with Crippen molar-refractivity contribution in [3.63, 3.8) is 0 Å².